The zero-order valence-electron chi connectivity index (χ0n) is 18.4. The first-order valence-corrected chi connectivity index (χ1v) is 13.0. The van der Waals surface area contributed by atoms with Crippen molar-refractivity contribution in [2.45, 2.75) is 54.9 Å². The van der Waals surface area contributed by atoms with Crippen LogP contribution in [0.4, 0.5) is 4.79 Å². The lowest BCUT2D eigenvalue weighted by Gasteiger charge is -2.44. The molecule has 0 saturated carbocycles. The van der Waals surface area contributed by atoms with Crippen molar-refractivity contribution in [1.29, 1.82) is 0 Å². The summed E-state index contributed by atoms with van der Waals surface area (Å²) in [6, 6.07) is 19.4. The van der Waals surface area contributed by atoms with Crippen molar-refractivity contribution in [3.63, 3.8) is 0 Å². The van der Waals surface area contributed by atoms with E-state index in [-0.39, 0.29) is 22.8 Å². The molecular weight excluding hydrogens is 452 g/mol. The molecule has 2 bridgehead atoms. The number of rotatable bonds is 3. The Morgan fingerprint density at radius 3 is 2.03 bits per heavy atom. The van der Waals surface area contributed by atoms with Gasteiger partial charge in [-0.25, -0.2) is 4.79 Å². The van der Waals surface area contributed by atoms with Crippen molar-refractivity contribution in [1.82, 2.24) is 0 Å². The van der Waals surface area contributed by atoms with Gasteiger partial charge in [-0.1, -0.05) is 48.5 Å². The molecule has 0 heterocycles. The van der Waals surface area contributed by atoms with E-state index in [2.05, 4.69) is 24.3 Å². The Kier molecular flexibility index (Phi) is 5.00. The summed E-state index contributed by atoms with van der Waals surface area (Å²) in [5, 5.41) is 0. The topological polar surface area (TPSA) is 89.9 Å². The predicted molar refractivity (Wildman–Crippen MR) is 125 cm³/mol. The molecule has 0 radical (unpaired) electrons. The minimum atomic E-state index is -4.35. The highest BCUT2D eigenvalue weighted by atomic mass is 32.2. The molecule has 3 aromatic carbocycles. The number of ether oxygens (including phenoxy) is 2. The summed E-state index contributed by atoms with van der Waals surface area (Å²) < 4.78 is 44.7. The third-order valence-electron chi connectivity index (χ3n) is 7.42. The van der Waals surface area contributed by atoms with Gasteiger partial charge in [0.25, 0.3) is 10.1 Å². The monoisotopic (exact) mass is 476 g/mol. The van der Waals surface area contributed by atoms with Crippen molar-refractivity contribution in [3.05, 3.63) is 94.0 Å². The summed E-state index contributed by atoms with van der Waals surface area (Å²) >= 11 is 0. The highest BCUT2D eigenvalue weighted by Crippen LogP contribution is 2.53. The molecule has 4 aliphatic carbocycles. The first-order valence-electron chi connectivity index (χ1n) is 11.6. The smallest absolute Gasteiger partial charge is 0.430 e. The molecule has 1 N–H and O–H groups in total. The van der Waals surface area contributed by atoms with Crippen LogP contribution < -0.4 is 4.74 Å². The van der Waals surface area contributed by atoms with E-state index in [0.717, 1.165) is 12.8 Å². The summed E-state index contributed by atoms with van der Waals surface area (Å²) in [5.41, 5.74) is 6.12. The van der Waals surface area contributed by atoms with Crippen LogP contribution in [0.1, 0.15) is 64.5 Å². The first kappa shape index (κ1) is 21.4. The van der Waals surface area contributed by atoms with Gasteiger partial charge in [-0.15, -0.1) is 0 Å². The molecule has 0 aromatic heterocycles. The average molecular weight is 477 g/mol. The number of carbonyl (C=O) groups is 1. The number of hydrogen-bond acceptors (Lipinski definition) is 5. The second-order valence-electron chi connectivity index (χ2n) is 9.23. The molecule has 6 nitrogen and oxygen atoms in total. The third kappa shape index (κ3) is 3.42. The van der Waals surface area contributed by atoms with Crippen LogP contribution in [0.25, 0.3) is 0 Å². The molecule has 0 aliphatic heterocycles. The van der Waals surface area contributed by atoms with Crippen LogP contribution in [-0.2, 0) is 27.7 Å². The fourth-order valence-electron chi connectivity index (χ4n) is 6.07. The number of benzene rings is 3. The Bertz CT molecular complexity index is 1360. The predicted octanol–water partition coefficient (Wildman–Crippen LogP) is 5.38. The fourth-order valence-corrected chi connectivity index (χ4v) is 6.85. The summed E-state index contributed by atoms with van der Waals surface area (Å²) in [6.45, 7) is 0. The van der Waals surface area contributed by atoms with Gasteiger partial charge in [-0.2, -0.15) is 8.42 Å². The number of fused-ring (bicyclic) bond motifs is 2. The molecule has 34 heavy (non-hydrogen) atoms. The van der Waals surface area contributed by atoms with Gasteiger partial charge in [-0.3, -0.25) is 4.55 Å². The molecule has 174 valence electrons. The molecule has 7 heteroatoms. The standard InChI is InChI=1S/C27H24O6S/c28-27(32-23-13-14-25(34(29,30)31)19-10-4-3-9-18(19)23)33-24-15-22-16-7-1-5-11-20(16)26(24)21-12-6-2-8-17(21)22/h1-2,5-8,11-14,22,24,26H,3-4,9-10,15H2,(H,29,30,31). The Labute approximate surface area is 198 Å². The van der Waals surface area contributed by atoms with E-state index in [0.29, 0.717) is 36.1 Å². The quantitative estimate of drug-likeness (QED) is 0.310. The van der Waals surface area contributed by atoms with Gasteiger partial charge in [0.2, 0.25) is 0 Å². The van der Waals surface area contributed by atoms with Gasteiger partial charge in [0.1, 0.15) is 11.9 Å². The van der Waals surface area contributed by atoms with Crippen molar-refractivity contribution >= 4 is 16.3 Å². The van der Waals surface area contributed by atoms with Crippen LogP contribution in [0.15, 0.2) is 65.6 Å². The van der Waals surface area contributed by atoms with Crippen LogP contribution in [-0.4, -0.2) is 25.2 Å². The van der Waals surface area contributed by atoms with Gasteiger partial charge in [0.15, 0.2) is 0 Å². The van der Waals surface area contributed by atoms with Gasteiger partial charge in [0.05, 0.1) is 4.90 Å². The molecule has 0 amide bonds. The normalized spacial score (nSPS) is 22.3. The maximum absolute atomic E-state index is 12.9. The van der Waals surface area contributed by atoms with Gasteiger partial charge in [0, 0.05) is 11.8 Å². The lowest BCUT2D eigenvalue weighted by Crippen LogP contribution is -2.39. The summed E-state index contributed by atoms with van der Waals surface area (Å²) in [6.07, 6.45) is 2.30. The molecule has 1 unspecified atom stereocenters. The van der Waals surface area contributed by atoms with Crippen molar-refractivity contribution in [2.24, 2.45) is 0 Å². The lowest BCUT2D eigenvalue weighted by molar-refractivity contribution is 0.0380. The minimum Gasteiger partial charge on any atom is -0.430 e. The molecule has 0 spiro atoms. The van der Waals surface area contributed by atoms with E-state index in [1.165, 1.54) is 34.4 Å². The second kappa shape index (κ2) is 7.96. The van der Waals surface area contributed by atoms with E-state index in [4.69, 9.17) is 9.47 Å². The average Bonchev–Trinajstić information content (AvgIpc) is 2.83. The Balaban J connectivity index is 1.29. The second-order valence-corrected chi connectivity index (χ2v) is 10.6. The van der Waals surface area contributed by atoms with Crippen molar-refractivity contribution in [2.75, 3.05) is 0 Å². The van der Waals surface area contributed by atoms with E-state index in [1.807, 2.05) is 24.3 Å². The zero-order valence-corrected chi connectivity index (χ0v) is 19.3. The Morgan fingerprint density at radius 1 is 0.824 bits per heavy atom. The largest absolute Gasteiger partial charge is 0.514 e. The Morgan fingerprint density at radius 2 is 1.41 bits per heavy atom. The van der Waals surface area contributed by atoms with Crippen LogP contribution in [0.3, 0.4) is 0 Å². The summed E-state index contributed by atoms with van der Waals surface area (Å²) in [5.74, 6) is 0.409. The van der Waals surface area contributed by atoms with E-state index >= 15 is 0 Å². The van der Waals surface area contributed by atoms with Crippen molar-refractivity contribution in [3.8, 4) is 5.75 Å². The fraction of sp³-hybridized carbons (Fsp3) is 0.296. The highest BCUT2D eigenvalue weighted by molar-refractivity contribution is 7.85. The van der Waals surface area contributed by atoms with Crippen LogP contribution in [0, 0.1) is 0 Å². The molecule has 7 rings (SSSR count). The van der Waals surface area contributed by atoms with E-state index in [9.17, 15) is 17.8 Å². The van der Waals surface area contributed by atoms with Crippen LogP contribution in [0.2, 0.25) is 0 Å². The van der Waals surface area contributed by atoms with E-state index in [1.54, 1.807) is 0 Å². The van der Waals surface area contributed by atoms with Gasteiger partial charge in [-0.05, 0) is 77.6 Å². The maximum Gasteiger partial charge on any atom is 0.514 e. The molecule has 0 fully saturated rings. The first-order chi connectivity index (χ1) is 16.4. The third-order valence-corrected chi connectivity index (χ3v) is 8.36. The van der Waals surface area contributed by atoms with Gasteiger partial charge < -0.3 is 9.47 Å². The highest BCUT2D eigenvalue weighted by Gasteiger charge is 2.45. The van der Waals surface area contributed by atoms with E-state index < -0.39 is 16.3 Å². The molecule has 0 saturated heterocycles. The van der Waals surface area contributed by atoms with Gasteiger partial charge >= 0.3 is 6.16 Å². The lowest BCUT2D eigenvalue weighted by atomic mass is 9.62. The minimum absolute atomic E-state index is 0.0548. The molecule has 1 atom stereocenters. The molecule has 4 aliphatic rings. The number of hydrogen-bond donors (Lipinski definition) is 1. The summed E-state index contributed by atoms with van der Waals surface area (Å²) in [7, 11) is -4.35. The zero-order chi connectivity index (χ0) is 23.4. The Hall–Kier alpha value is -3.16. The van der Waals surface area contributed by atoms with Crippen LogP contribution >= 0.6 is 0 Å². The molecular formula is C27H24O6S. The van der Waals surface area contributed by atoms with Crippen LogP contribution in [0.5, 0.6) is 5.75 Å². The molecule has 3 aromatic rings. The van der Waals surface area contributed by atoms with Crippen molar-refractivity contribution < 1.29 is 27.2 Å². The maximum atomic E-state index is 12.9. The number of carbonyl (C=O) groups excluding carboxylic acids is 1. The summed E-state index contributed by atoms with van der Waals surface area (Å²) in [4.78, 5) is 12.8. The SMILES string of the molecule is O=C(Oc1ccc(S(=O)(=O)O)c2c1CCCC2)OC1CC2c3ccccc3C1c1ccccc12.